The molecule has 1 aromatic carbocycles. The van der Waals surface area contributed by atoms with Crippen LogP contribution in [0.3, 0.4) is 0 Å². The summed E-state index contributed by atoms with van der Waals surface area (Å²) in [5.41, 5.74) is 2.78. The molecule has 0 heterocycles. The zero-order chi connectivity index (χ0) is 13.5. The molecule has 1 amide bonds. The zero-order valence-electron chi connectivity index (χ0n) is 11.3. The minimum absolute atomic E-state index is 0.172. The third kappa shape index (κ3) is 4.34. The lowest BCUT2D eigenvalue weighted by molar-refractivity contribution is -0.125. The molecule has 0 spiro atoms. The van der Waals surface area contributed by atoms with E-state index in [0.717, 1.165) is 37.6 Å². The highest BCUT2D eigenvalue weighted by Gasteiger charge is 2.23. The van der Waals surface area contributed by atoms with E-state index in [1.54, 1.807) is 0 Å². The molecule has 1 aromatic rings. The molecule has 0 radical (unpaired) electrons. The van der Waals surface area contributed by atoms with Gasteiger partial charge in [-0.2, -0.15) is 0 Å². The summed E-state index contributed by atoms with van der Waals surface area (Å²) in [5, 5.41) is 4.14. The highest BCUT2D eigenvalue weighted by atomic mass is 79.9. The number of fused-ring (bicyclic) bond motifs is 1. The normalized spacial score (nSPS) is 17.8. The van der Waals surface area contributed by atoms with Gasteiger partial charge in [0.25, 0.3) is 0 Å². The van der Waals surface area contributed by atoms with Crippen LogP contribution in [0, 0.1) is 5.92 Å². The monoisotopic (exact) mass is 323 g/mol. The van der Waals surface area contributed by atoms with Crippen LogP contribution >= 0.6 is 15.9 Å². The van der Waals surface area contributed by atoms with Crippen LogP contribution in [0.4, 0.5) is 0 Å². The summed E-state index contributed by atoms with van der Waals surface area (Å²) in [6.07, 6.45) is 6.39. The van der Waals surface area contributed by atoms with Gasteiger partial charge in [0, 0.05) is 17.8 Å². The number of amides is 1. The molecule has 1 aliphatic rings. The lowest BCUT2D eigenvalue weighted by Gasteiger charge is -2.23. The molecule has 0 fully saturated rings. The molecule has 2 rings (SSSR count). The van der Waals surface area contributed by atoms with E-state index in [9.17, 15) is 4.79 Å². The molecule has 19 heavy (non-hydrogen) atoms. The Kier molecular flexibility index (Phi) is 5.90. The third-order valence-corrected chi connectivity index (χ3v) is 4.39. The summed E-state index contributed by atoms with van der Waals surface area (Å²) in [4.78, 5) is 12.1. The topological polar surface area (TPSA) is 29.1 Å². The molecule has 2 nitrogen and oxygen atoms in total. The predicted octanol–water partition coefficient (Wildman–Crippen LogP) is 3.47. The highest BCUT2D eigenvalue weighted by Crippen LogP contribution is 2.25. The van der Waals surface area contributed by atoms with Gasteiger partial charge in [0.1, 0.15) is 0 Å². The smallest absolute Gasteiger partial charge is 0.223 e. The Morgan fingerprint density at radius 1 is 1.21 bits per heavy atom. The maximum Gasteiger partial charge on any atom is 0.223 e. The zero-order valence-corrected chi connectivity index (χ0v) is 12.9. The van der Waals surface area contributed by atoms with Crippen LogP contribution in [0.2, 0.25) is 0 Å². The first-order valence-corrected chi connectivity index (χ1v) is 8.34. The van der Waals surface area contributed by atoms with Gasteiger partial charge in [0.15, 0.2) is 0 Å². The number of hydrogen-bond donors (Lipinski definition) is 1. The van der Waals surface area contributed by atoms with Gasteiger partial charge in [-0.3, -0.25) is 4.79 Å². The fraction of sp³-hybridized carbons (Fsp3) is 0.562. The molecule has 0 saturated heterocycles. The van der Waals surface area contributed by atoms with E-state index in [4.69, 9.17) is 0 Å². The standard InChI is InChI=1S/C16H22BrNO/c17-10-4-1-5-11-18-16(19)15-9-8-13-6-2-3-7-14(13)12-15/h2-3,6-7,15H,1,4-5,8-12H2,(H,18,19). The highest BCUT2D eigenvalue weighted by molar-refractivity contribution is 9.09. The Balaban J connectivity index is 1.76. The van der Waals surface area contributed by atoms with E-state index in [0.29, 0.717) is 0 Å². The van der Waals surface area contributed by atoms with Crippen LogP contribution in [0.1, 0.15) is 36.8 Å². The number of carbonyl (C=O) groups is 1. The number of alkyl halides is 1. The fourth-order valence-corrected chi connectivity index (χ4v) is 3.07. The molecule has 104 valence electrons. The first kappa shape index (κ1) is 14.6. The number of carbonyl (C=O) groups excluding carboxylic acids is 1. The van der Waals surface area contributed by atoms with Crippen LogP contribution in [0.15, 0.2) is 24.3 Å². The van der Waals surface area contributed by atoms with Gasteiger partial charge >= 0.3 is 0 Å². The molecular weight excluding hydrogens is 302 g/mol. The van der Waals surface area contributed by atoms with Crippen molar-refractivity contribution >= 4 is 21.8 Å². The summed E-state index contributed by atoms with van der Waals surface area (Å²) in [6, 6.07) is 8.50. The van der Waals surface area contributed by atoms with E-state index >= 15 is 0 Å². The van der Waals surface area contributed by atoms with Crippen molar-refractivity contribution in [3.05, 3.63) is 35.4 Å². The van der Waals surface area contributed by atoms with Crippen molar-refractivity contribution in [2.75, 3.05) is 11.9 Å². The number of nitrogens with one attached hydrogen (secondary N) is 1. The van der Waals surface area contributed by atoms with E-state index in [2.05, 4.69) is 45.5 Å². The molecule has 3 heteroatoms. The number of halogens is 1. The number of rotatable bonds is 6. The lowest BCUT2D eigenvalue weighted by atomic mass is 9.83. The SMILES string of the molecule is O=C(NCCCCCBr)C1CCc2ccccc2C1. The molecule has 1 unspecified atom stereocenters. The summed E-state index contributed by atoms with van der Waals surface area (Å²) < 4.78 is 0. The van der Waals surface area contributed by atoms with Gasteiger partial charge in [-0.1, -0.05) is 46.6 Å². The largest absolute Gasteiger partial charge is 0.356 e. The lowest BCUT2D eigenvalue weighted by Crippen LogP contribution is -2.34. The fourth-order valence-electron chi connectivity index (χ4n) is 2.67. The average molecular weight is 324 g/mol. The summed E-state index contributed by atoms with van der Waals surface area (Å²) in [5.74, 6) is 0.416. The van der Waals surface area contributed by atoms with Crippen molar-refractivity contribution in [1.82, 2.24) is 5.32 Å². The minimum atomic E-state index is 0.172. The van der Waals surface area contributed by atoms with Crippen molar-refractivity contribution in [2.45, 2.75) is 38.5 Å². The Hall–Kier alpha value is -0.830. The average Bonchev–Trinajstić information content (AvgIpc) is 2.46. The van der Waals surface area contributed by atoms with Crippen molar-refractivity contribution in [3.8, 4) is 0 Å². The quantitative estimate of drug-likeness (QED) is 0.630. The van der Waals surface area contributed by atoms with Gasteiger partial charge in [-0.05, 0) is 43.2 Å². The maximum atomic E-state index is 12.1. The Morgan fingerprint density at radius 2 is 2.00 bits per heavy atom. The van der Waals surface area contributed by atoms with Crippen LogP contribution < -0.4 is 5.32 Å². The second kappa shape index (κ2) is 7.68. The second-order valence-corrected chi connectivity index (χ2v) is 6.04. The molecule has 0 bridgehead atoms. The Morgan fingerprint density at radius 3 is 2.79 bits per heavy atom. The van der Waals surface area contributed by atoms with Crippen molar-refractivity contribution < 1.29 is 4.79 Å². The van der Waals surface area contributed by atoms with Crippen molar-refractivity contribution in [3.63, 3.8) is 0 Å². The summed E-state index contributed by atoms with van der Waals surface area (Å²) in [6.45, 7) is 0.823. The molecule has 0 aliphatic heterocycles. The number of aryl methyl sites for hydroxylation is 1. The van der Waals surface area contributed by atoms with Gasteiger partial charge in [-0.15, -0.1) is 0 Å². The first-order chi connectivity index (χ1) is 9.31. The predicted molar refractivity (Wildman–Crippen MR) is 82.6 cm³/mol. The van der Waals surface area contributed by atoms with E-state index in [1.165, 1.54) is 24.0 Å². The van der Waals surface area contributed by atoms with Gasteiger partial charge < -0.3 is 5.32 Å². The number of hydrogen-bond acceptors (Lipinski definition) is 1. The summed E-state index contributed by atoms with van der Waals surface area (Å²) >= 11 is 3.42. The molecular formula is C16H22BrNO. The minimum Gasteiger partial charge on any atom is -0.356 e. The van der Waals surface area contributed by atoms with E-state index in [1.807, 2.05) is 0 Å². The molecule has 1 atom stereocenters. The maximum absolute atomic E-state index is 12.1. The molecule has 0 saturated carbocycles. The van der Waals surface area contributed by atoms with Gasteiger partial charge in [0.2, 0.25) is 5.91 Å². The van der Waals surface area contributed by atoms with Crippen LogP contribution in [-0.2, 0) is 17.6 Å². The molecule has 1 N–H and O–H groups in total. The second-order valence-electron chi connectivity index (χ2n) is 5.25. The first-order valence-electron chi connectivity index (χ1n) is 7.21. The molecule has 1 aliphatic carbocycles. The number of unbranched alkanes of at least 4 members (excludes halogenated alkanes) is 2. The third-order valence-electron chi connectivity index (χ3n) is 3.83. The van der Waals surface area contributed by atoms with Crippen LogP contribution in [0.25, 0.3) is 0 Å². The van der Waals surface area contributed by atoms with E-state index in [-0.39, 0.29) is 11.8 Å². The molecule has 0 aromatic heterocycles. The van der Waals surface area contributed by atoms with Crippen LogP contribution in [0.5, 0.6) is 0 Å². The van der Waals surface area contributed by atoms with Crippen molar-refractivity contribution in [1.29, 1.82) is 0 Å². The van der Waals surface area contributed by atoms with Gasteiger partial charge in [-0.25, -0.2) is 0 Å². The van der Waals surface area contributed by atoms with Gasteiger partial charge in [0.05, 0.1) is 0 Å². The van der Waals surface area contributed by atoms with E-state index < -0.39 is 0 Å². The van der Waals surface area contributed by atoms with Crippen LogP contribution in [-0.4, -0.2) is 17.8 Å². The summed E-state index contributed by atoms with van der Waals surface area (Å²) in [7, 11) is 0. The Bertz CT molecular complexity index is 419. The Labute approximate surface area is 124 Å². The van der Waals surface area contributed by atoms with Crippen molar-refractivity contribution in [2.24, 2.45) is 5.92 Å². The number of benzene rings is 1.